The van der Waals surface area contributed by atoms with Gasteiger partial charge >= 0.3 is 0 Å². The molecule has 3 aromatic rings. The molecule has 0 aliphatic heterocycles. The summed E-state index contributed by atoms with van der Waals surface area (Å²) >= 11 is 0. The van der Waals surface area contributed by atoms with Crippen LogP contribution in [0.3, 0.4) is 0 Å². The number of rotatable bonds is 8. The molecule has 3 N–H and O–H groups in total. The summed E-state index contributed by atoms with van der Waals surface area (Å²) in [4.78, 5) is 8.81. The molecule has 3 aromatic carbocycles. The van der Waals surface area contributed by atoms with E-state index in [0.717, 1.165) is 36.0 Å². The van der Waals surface area contributed by atoms with E-state index in [-0.39, 0.29) is 16.8 Å². The molecule has 12 nitrogen and oxygen atoms in total. The smallest absolute Gasteiger partial charge is 0.295 e. The summed E-state index contributed by atoms with van der Waals surface area (Å²) in [6.45, 7) is 0. The van der Waals surface area contributed by atoms with E-state index >= 15 is 0 Å². The molecule has 0 heterocycles. The minimum atomic E-state index is -4.83. The van der Waals surface area contributed by atoms with E-state index in [1.54, 1.807) is 31.3 Å². The van der Waals surface area contributed by atoms with Gasteiger partial charge < -0.3 is 5.32 Å². The Bertz CT molecular complexity index is 1550. The molecule has 0 saturated heterocycles. The van der Waals surface area contributed by atoms with Gasteiger partial charge in [-0.1, -0.05) is 18.2 Å². The van der Waals surface area contributed by atoms with Crippen molar-refractivity contribution in [2.75, 3.05) is 12.4 Å². The molecular weight excluding hydrogens is 500 g/mol. The van der Waals surface area contributed by atoms with Gasteiger partial charge in [0.2, 0.25) is 0 Å². The van der Waals surface area contributed by atoms with Crippen LogP contribution in [0.2, 0.25) is 0 Å². The molecule has 0 unspecified atom stereocenters. The van der Waals surface area contributed by atoms with Crippen LogP contribution >= 0.6 is 0 Å². The van der Waals surface area contributed by atoms with E-state index in [1.807, 2.05) is 0 Å². The van der Waals surface area contributed by atoms with E-state index < -0.39 is 40.6 Å². The minimum absolute atomic E-state index is 0.0375. The van der Waals surface area contributed by atoms with E-state index in [0.29, 0.717) is 11.8 Å². The molecule has 0 aliphatic carbocycles. The summed E-state index contributed by atoms with van der Waals surface area (Å²) in [6, 6.07) is 13.5. The fourth-order valence-corrected chi connectivity index (χ4v) is 4.34. The summed E-state index contributed by atoms with van der Waals surface area (Å²) in [5, 5.41) is 21.9. The van der Waals surface area contributed by atoms with Crippen LogP contribution in [0.25, 0.3) is 12.2 Å². The first kappa shape index (κ1) is 25.6. The van der Waals surface area contributed by atoms with Crippen molar-refractivity contribution in [2.45, 2.75) is 9.79 Å². The molecule has 35 heavy (non-hydrogen) atoms. The number of anilines is 1. The third-order valence-electron chi connectivity index (χ3n) is 4.64. The lowest BCUT2D eigenvalue weighted by Crippen LogP contribution is -2.02. The standard InChI is InChI=1S/C21H18N4O8S2/c1-22-16-7-9-17(10-8-16)23-24-18-6-4-14(20(12-18)34(28,29)30)2-3-15-5-11-19(25(26)27)13-21(15)35(31,32)33/h2-13,22H,1H3,(H,28,29,30)(H,31,32,33). The summed E-state index contributed by atoms with van der Waals surface area (Å²) in [7, 11) is -7.80. The first-order valence-electron chi connectivity index (χ1n) is 9.63. The van der Waals surface area contributed by atoms with Gasteiger partial charge in [-0.05, 0) is 53.6 Å². The number of hydrogen-bond acceptors (Lipinski definition) is 9. The Hall–Kier alpha value is -3.98. The molecule has 0 atom stereocenters. The maximum atomic E-state index is 11.9. The highest BCUT2D eigenvalue weighted by Gasteiger charge is 2.20. The molecule has 14 heteroatoms. The molecular formula is C21H18N4O8S2. The Morgan fingerprint density at radius 2 is 1.29 bits per heavy atom. The lowest BCUT2D eigenvalue weighted by Gasteiger charge is -2.06. The summed E-state index contributed by atoms with van der Waals surface area (Å²) in [6.07, 6.45) is 2.29. The molecule has 0 aromatic heterocycles. The Labute approximate surface area is 200 Å². The number of nitrogens with one attached hydrogen (secondary N) is 1. The van der Waals surface area contributed by atoms with Crippen LogP contribution in [0, 0.1) is 10.1 Å². The van der Waals surface area contributed by atoms with Gasteiger partial charge in [-0.25, -0.2) is 0 Å². The summed E-state index contributed by atoms with van der Waals surface area (Å²) < 4.78 is 66.3. The van der Waals surface area contributed by atoms with Crippen LogP contribution < -0.4 is 5.32 Å². The highest BCUT2D eigenvalue weighted by atomic mass is 32.2. The second-order valence-corrected chi connectivity index (χ2v) is 9.76. The Morgan fingerprint density at radius 1 is 0.800 bits per heavy atom. The Balaban J connectivity index is 2.00. The fraction of sp³-hybridized carbons (Fsp3) is 0.0476. The van der Waals surface area contributed by atoms with Gasteiger partial charge in [0.1, 0.15) is 9.79 Å². The zero-order chi connectivity index (χ0) is 25.8. The van der Waals surface area contributed by atoms with Crippen LogP contribution in [-0.2, 0) is 20.2 Å². The third kappa shape index (κ3) is 6.54. The van der Waals surface area contributed by atoms with Crippen molar-refractivity contribution in [3.63, 3.8) is 0 Å². The quantitative estimate of drug-likeness (QED) is 0.125. The molecule has 0 spiro atoms. The van der Waals surface area contributed by atoms with Crippen molar-refractivity contribution in [1.82, 2.24) is 0 Å². The summed E-state index contributed by atoms with van der Waals surface area (Å²) in [5.74, 6) is 0. The van der Waals surface area contributed by atoms with Crippen LogP contribution in [0.4, 0.5) is 22.7 Å². The molecule has 3 rings (SSSR count). The van der Waals surface area contributed by atoms with Crippen LogP contribution in [0.5, 0.6) is 0 Å². The lowest BCUT2D eigenvalue weighted by molar-refractivity contribution is -0.385. The second kappa shape index (κ2) is 10.1. The molecule has 0 radical (unpaired) electrons. The molecule has 0 saturated carbocycles. The number of hydrogen-bond donors (Lipinski definition) is 3. The molecule has 182 valence electrons. The summed E-state index contributed by atoms with van der Waals surface area (Å²) in [5.41, 5.74) is 0.721. The van der Waals surface area contributed by atoms with E-state index in [1.165, 1.54) is 12.1 Å². The van der Waals surface area contributed by atoms with Gasteiger partial charge in [-0.3, -0.25) is 19.2 Å². The van der Waals surface area contributed by atoms with Crippen molar-refractivity contribution < 1.29 is 30.9 Å². The second-order valence-electron chi connectivity index (χ2n) is 6.98. The van der Waals surface area contributed by atoms with Crippen molar-refractivity contribution in [2.24, 2.45) is 10.2 Å². The number of azo groups is 1. The van der Waals surface area contributed by atoms with Crippen LogP contribution in [-0.4, -0.2) is 37.9 Å². The number of nitro groups is 1. The van der Waals surface area contributed by atoms with Crippen molar-refractivity contribution >= 4 is 55.1 Å². The topological polar surface area (TPSA) is 189 Å². The maximum absolute atomic E-state index is 11.9. The van der Waals surface area contributed by atoms with Crippen molar-refractivity contribution in [1.29, 1.82) is 0 Å². The average Bonchev–Trinajstić information content (AvgIpc) is 2.80. The van der Waals surface area contributed by atoms with Crippen LogP contribution in [0.1, 0.15) is 11.1 Å². The molecule has 0 amide bonds. The fourth-order valence-electron chi connectivity index (χ4n) is 2.93. The van der Waals surface area contributed by atoms with Gasteiger partial charge in [-0.2, -0.15) is 27.1 Å². The van der Waals surface area contributed by atoms with E-state index in [9.17, 15) is 36.1 Å². The molecule has 0 aliphatic rings. The predicted molar refractivity (Wildman–Crippen MR) is 128 cm³/mol. The van der Waals surface area contributed by atoms with Crippen LogP contribution in [0.15, 0.2) is 80.7 Å². The number of nitrogens with zero attached hydrogens (tertiary/aromatic N) is 3. The maximum Gasteiger partial charge on any atom is 0.295 e. The van der Waals surface area contributed by atoms with Gasteiger partial charge in [-0.15, -0.1) is 0 Å². The van der Waals surface area contributed by atoms with Gasteiger partial charge in [0.15, 0.2) is 0 Å². The molecule has 0 fully saturated rings. The van der Waals surface area contributed by atoms with Gasteiger partial charge in [0.25, 0.3) is 25.9 Å². The van der Waals surface area contributed by atoms with Crippen molar-refractivity contribution in [3.05, 3.63) is 81.9 Å². The van der Waals surface area contributed by atoms with E-state index in [4.69, 9.17) is 0 Å². The SMILES string of the molecule is CNc1ccc(N=Nc2ccc(C=Cc3ccc([N+](=O)[O-])cc3S(=O)(=O)O)c(S(=O)(=O)O)c2)cc1. The Kier molecular flexibility index (Phi) is 7.40. The predicted octanol–water partition coefficient (Wildman–Crippen LogP) is 4.72. The number of non-ortho nitro benzene ring substituents is 1. The molecule has 0 bridgehead atoms. The first-order valence-corrected chi connectivity index (χ1v) is 12.5. The first-order chi connectivity index (χ1) is 16.4. The zero-order valence-corrected chi connectivity index (χ0v) is 19.6. The lowest BCUT2D eigenvalue weighted by atomic mass is 10.1. The number of benzene rings is 3. The zero-order valence-electron chi connectivity index (χ0n) is 17.9. The number of nitro benzene ring substituents is 1. The largest absolute Gasteiger partial charge is 0.388 e. The Morgan fingerprint density at radius 3 is 1.80 bits per heavy atom. The third-order valence-corrected chi connectivity index (χ3v) is 6.46. The van der Waals surface area contributed by atoms with Crippen molar-refractivity contribution in [3.8, 4) is 0 Å². The van der Waals surface area contributed by atoms with Gasteiger partial charge in [0.05, 0.1) is 16.3 Å². The monoisotopic (exact) mass is 518 g/mol. The van der Waals surface area contributed by atoms with Gasteiger partial charge in [0, 0.05) is 24.9 Å². The van der Waals surface area contributed by atoms with E-state index in [2.05, 4.69) is 15.5 Å². The normalized spacial score (nSPS) is 12.3. The highest BCUT2D eigenvalue weighted by Crippen LogP contribution is 2.28. The average molecular weight is 519 g/mol. The highest BCUT2D eigenvalue weighted by molar-refractivity contribution is 7.86. The minimum Gasteiger partial charge on any atom is -0.388 e.